The van der Waals surface area contributed by atoms with E-state index in [2.05, 4.69) is 10.3 Å². The highest BCUT2D eigenvalue weighted by Gasteiger charge is 2.11. The van der Waals surface area contributed by atoms with Crippen LogP contribution < -0.4 is 10.1 Å². The Kier molecular flexibility index (Phi) is 4.54. The minimum absolute atomic E-state index is 0.150. The smallest absolute Gasteiger partial charge is 0.223 e. The van der Waals surface area contributed by atoms with Crippen molar-refractivity contribution in [1.82, 2.24) is 10.3 Å². The standard InChI is InChI=1S/C14H15FN2O3S/c1-16-8-10-6-11(15)9-17-14(10)20-12-4-3-5-13(7-12)21(2,18)19/h3-7,9,16H,8H2,1-2H3. The molecule has 7 heteroatoms. The van der Waals surface area contributed by atoms with Crippen molar-refractivity contribution in [3.63, 3.8) is 0 Å². The zero-order valence-corrected chi connectivity index (χ0v) is 12.4. The Morgan fingerprint density at radius 1 is 1.33 bits per heavy atom. The first-order valence-corrected chi connectivity index (χ1v) is 8.06. The van der Waals surface area contributed by atoms with Gasteiger partial charge in [-0.1, -0.05) is 6.07 Å². The van der Waals surface area contributed by atoms with E-state index in [-0.39, 0.29) is 10.8 Å². The molecule has 0 unspecified atom stereocenters. The molecule has 0 aliphatic rings. The Balaban J connectivity index is 2.34. The lowest BCUT2D eigenvalue weighted by molar-refractivity contribution is 0.448. The Morgan fingerprint density at radius 2 is 2.10 bits per heavy atom. The second-order valence-corrected chi connectivity index (χ2v) is 6.51. The SMILES string of the molecule is CNCc1cc(F)cnc1Oc1cccc(S(C)(=O)=O)c1. The first-order chi connectivity index (χ1) is 9.90. The van der Waals surface area contributed by atoms with Gasteiger partial charge in [0, 0.05) is 18.4 Å². The van der Waals surface area contributed by atoms with E-state index >= 15 is 0 Å². The van der Waals surface area contributed by atoms with Crippen LogP contribution in [0.25, 0.3) is 0 Å². The molecule has 0 bridgehead atoms. The third kappa shape index (κ3) is 3.99. The number of rotatable bonds is 5. The number of pyridine rings is 1. The molecule has 2 rings (SSSR count). The molecule has 0 saturated heterocycles. The zero-order valence-electron chi connectivity index (χ0n) is 11.6. The predicted octanol–water partition coefficient (Wildman–Crippen LogP) is 2.14. The average molecular weight is 310 g/mol. The number of sulfone groups is 1. The molecular formula is C14H15FN2O3S. The number of ether oxygens (including phenoxy) is 1. The highest BCUT2D eigenvalue weighted by Crippen LogP contribution is 2.25. The van der Waals surface area contributed by atoms with Gasteiger partial charge < -0.3 is 10.1 Å². The monoisotopic (exact) mass is 310 g/mol. The lowest BCUT2D eigenvalue weighted by Gasteiger charge is -2.10. The number of aromatic nitrogens is 1. The Hall–Kier alpha value is -1.99. The van der Waals surface area contributed by atoms with E-state index in [1.54, 1.807) is 19.2 Å². The largest absolute Gasteiger partial charge is 0.439 e. The van der Waals surface area contributed by atoms with Crippen molar-refractivity contribution in [2.45, 2.75) is 11.4 Å². The van der Waals surface area contributed by atoms with E-state index in [0.717, 1.165) is 12.5 Å². The van der Waals surface area contributed by atoms with Crippen molar-refractivity contribution in [2.24, 2.45) is 0 Å². The van der Waals surface area contributed by atoms with Gasteiger partial charge in [-0.25, -0.2) is 17.8 Å². The van der Waals surface area contributed by atoms with Gasteiger partial charge >= 0.3 is 0 Å². The van der Waals surface area contributed by atoms with Crippen molar-refractivity contribution >= 4 is 9.84 Å². The fourth-order valence-corrected chi connectivity index (χ4v) is 2.41. The maximum Gasteiger partial charge on any atom is 0.223 e. The molecule has 1 aromatic carbocycles. The third-order valence-electron chi connectivity index (χ3n) is 2.71. The van der Waals surface area contributed by atoms with Crippen molar-refractivity contribution in [3.8, 4) is 11.6 Å². The van der Waals surface area contributed by atoms with Crippen molar-refractivity contribution < 1.29 is 17.5 Å². The third-order valence-corrected chi connectivity index (χ3v) is 3.82. The summed E-state index contributed by atoms with van der Waals surface area (Å²) in [5.41, 5.74) is 0.544. The number of nitrogens with one attached hydrogen (secondary N) is 1. The highest BCUT2D eigenvalue weighted by atomic mass is 32.2. The predicted molar refractivity (Wildman–Crippen MR) is 76.6 cm³/mol. The van der Waals surface area contributed by atoms with Crippen molar-refractivity contribution in [2.75, 3.05) is 13.3 Å². The summed E-state index contributed by atoms with van der Waals surface area (Å²) in [6.07, 6.45) is 2.17. The Morgan fingerprint density at radius 3 is 2.76 bits per heavy atom. The molecule has 0 saturated carbocycles. The Labute approximate surface area is 122 Å². The van der Waals surface area contributed by atoms with E-state index in [1.807, 2.05) is 0 Å². The second kappa shape index (κ2) is 6.19. The van der Waals surface area contributed by atoms with Crippen LogP contribution in [0.4, 0.5) is 4.39 Å². The quantitative estimate of drug-likeness (QED) is 0.916. The Bertz CT molecular complexity index is 748. The second-order valence-electron chi connectivity index (χ2n) is 4.50. The summed E-state index contributed by atoms with van der Waals surface area (Å²) in [5.74, 6) is 0.100. The van der Waals surface area contributed by atoms with Crippen LogP contribution in [0.3, 0.4) is 0 Å². The molecule has 2 aromatic rings. The van der Waals surface area contributed by atoms with Crippen LogP contribution in [0.5, 0.6) is 11.6 Å². The molecule has 5 nitrogen and oxygen atoms in total. The van der Waals surface area contributed by atoms with Gasteiger partial charge in [-0.2, -0.15) is 0 Å². The van der Waals surface area contributed by atoms with Crippen LogP contribution in [-0.2, 0) is 16.4 Å². The molecule has 0 radical (unpaired) electrons. The normalized spacial score (nSPS) is 11.4. The van der Waals surface area contributed by atoms with E-state index in [0.29, 0.717) is 17.9 Å². The summed E-state index contributed by atoms with van der Waals surface area (Å²) in [7, 11) is -1.60. The molecular weight excluding hydrogens is 295 g/mol. The number of hydrogen-bond donors (Lipinski definition) is 1. The van der Waals surface area contributed by atoms with E-state index < -0.39 is 15.7 Å². The number of benzene rings is 1. The molecule has 0 fully saturated rings. The van der Waals surface area contributed by atoms with Gasteiger partial charge in [0.25, 0.3) is 0 Å². The maximum absolute atomic E-state index is 13.2. The summed E-state index contributed by atoms with van der Waals surface area (Å²) >= 11 is 0. The van der Waals surface area contributed by atoms with Gasteiger partial charge in [-0.05, 0) is 31.3 Å². The van der Waals surface area contributed by atoms with Gasteiger partial charge in [-0.15, -0.1) is 0 Å². The minimum atomic E-state index is -3.32. The summed E-state index contributed by atoms with van der Waals surface area (Å²) in [6.45, 7) is 0.381. The first-order valence-electron chi connectivity index (χ1n) is 6.17. The van der Waals surface area contributed by atoms with Crippen LogP contribution >= 0.6 is 0 Å². The first kappa shape index (κ1) is 15.4. The highest BCUT2D eigenvalue weighted by molar-refractivity contribution is 7.90. The topological polar surface area (TPSA) is 68.3 Å². The molecule has 0 aliphatic heterocycles. The molecule has 112 valence electrons. The van der Waals surface area contributed by atoms with Crippen LogP contribution in [0, 0.1) is 5.82 Å². The van der Waals surface area contributed by atoms with Crippen LogP contribution in [0.15, 0.2) is 41.4 Å². The fourth-order valence-electron chi connectivity index (χ4n) is 1.76. The fraction of sp³-hybridized carbons (Fsp3) is 0.214. The number of halogens is 1. The van der Waals surface area contributed by atoms with Crippen molar-refractivity contribution in [3.05, 3.63) is 47.9 Å². The van der Waals surface area contributed by atoms with Gasteiger partial charge in [-0.3, -0.25) is 0 Å². The molecule has 0 amide bonds. The molecule has 0 aliphatic carbocycles. The van der Waals surface area contributed by atoms with Gasteiger partial charge in [0.1, 0.15) is 11.6 Å². The summed E-state index contributed by atoms with van der Waals surface area (Å²) in [4.78, 5) is 4.05. The zero-order chi connectivity index (χ0) is 15.5. The van der Waals surface area contributed by atoms with Crippen LogP contribution in [-0.4, -0.2) is 26.7 Å². The lowest BCUT2D eigenvalue weighted by Crippen LogP contribution is -2.08. The van der Waals surface area contributed by atoms with E-state index in [4.69, 9.17) is 4.74 Å². The molecule has 1 N–H and O–H groups in total. The summed E-state index contributed by atoms with van der Waals surface area (Å²) in [6, 6.07) is 7.40. The maximum atomic E-state index is 13.2. The average Bonchev–Trinajstić information content (AvgIpc) is 2.42. The number of nitrogens with zero attached hydrogens (tertiary/aromatic N) is 1. The number of hydrogen-bond acceptors (Lipinski definition) is 5. The van der Waals surface area contributed by atoms with E-state index in [1.165, 1.54) is 18.2 Å². The lowest BCUT2D eigenvalue weighted by atomic mass is 10.2. The molecule has 0 spiro atoms. The molecule has 0 atom stereocenters. The minimum Gasteiger partial charge on any atom is -0.439 e. The van der Waals surface area contributed by atoms with Crippen LogP contribution in [0.1, 0.15) is 5.56 Å². The molecule has 1 aromatic heterocycles. The molecule has 21 heavy (non-hydrogen) atoms. The summed E-state index contributed by atoms with van der Waals surface area (Å²) < 4.78 is 41.8. The van der Waals surface area contributed by atoms with Gasteiger partial charge in [0.15, 0.2) is 9.84 Å². The van der Waals surface area contributed by atoms with E-state index in [9.17, 15) is 12.8 Å². The summed E-state index contributed by atoms with van der Waals surface area (Å²) in [5, 5.41) is 2.89. The van der Waals surface area contributed by atoms with Crippen LogP contribution in [0.2, 0.25) is 0 Å². The van der Waals surface area contributed by atoms with Crippen molar-refractivity contribution in [1.29, 1.82) is 0 Å². The van der Waals surface area contributed by atoms with Gasteiger partial charge in [0.2, 0.25) is 5.88 Å². The van der Waals surface area contributed by atoms with Gasteiger partial charge in [0.05, 0.1) is 11.1 Å². The molecule has 1 heterocycles.